The van der Waals surface area contributed by atoms with Crippen LogP contribution in [0.1, 0.15) is 30.9 Å². The Bertz CT molecular complexity index is 292. The minimum absolute atomic E-state index is 0.322. The zero-order chi connectivity index (χ0) is 9.30. The molecule has 0 amide bonds. The van der Waals surface area contributed by atoms with Crippen LogP contribution in [-0.2, 0) is 0 Å². The van der Waals surface area contributed by atoms with Crippen LogP contribution in [0, 0.1) is 6.92 Å². The van der Waals surface area contributed by atoms with Gasteiger partial charge in [0.2, 0.25) is 0 Å². The summed E-state index contributed by atoms with van der Waals surface area (Å²) in [5, 5.41) is 10.2. The molecule has 0 aliphatic rings. The first-order valence-electron chi connectivity index (χ1n) is 4.02. The number of benzene rings is 1. The predicted octanol–water partition coefficient (Wildman–Crippen LogP) is 3.48. The fourth-order valence-corrected chi connectivity index (χ4v) is 1.82. The maximum absolute atomic E-state index is 9.41. The average Bonchev–Trinajstić information content (AvgIpc) is 1.97. The van der Waals surface area contributed by atoms with Crippen molar-refractivity contribution in [2.24, 2.45) is 0 Å². The molecular weight excluding hydrogens is 172 g/mol. The van der Waals surface area contributed by atoms with Crippen molar-refractivity contribution in [1.82, 2.24) is 0 Å². The Labute approximate surface area is 78.0 Å². The molecule has 0 spiro atoms. The van der Waals surface area contributed by atoms with Gasteiger partial charge in [0.15, 0.2) is 0 Å². The summed E-state index contributed by atoms with van der Waals surface area (Å²) in [6.45, 7) is 6.01. The summed E-state index contributed by atoms with van der Waals surface area (Å²) in [4.78, 5) is 0. The molecule has 1 N–H and O–H groups in total. The molecule has 1 aromatic carbocycles. The van der Waals surface area contributed by atoms with Gasteiger partial charge in [-0.15, -0.1) is 0 Å². The summed E-state index contributed by atoms with van der Waals surface area (Å²) in [7, 11) is 0. The van der Waals surface area contributed by atoms with Crippen LogP contribution in [0.15, 0.2) is 12.1 Å². The molecule has 0 aliphatic heterocycles. The Morgan fingerprint density at radius 2 is 1.92 bits per heavy atom. The van der Waals surface area contributed by atoms with Crippen molar-refractivity contribution in [2.75, 3.05) is 0 Å². The van der Waals surface area contributed by atoms with E-state index in [0.717, 1.165) is 16.1 Å². The Morgan fingerprint density at radius 3 is 2.33 bits per heavy atom. The number of halogens is 1. The summed E-state index contributed by atoms with van der Waals surface area (Å²) in [5.74, 6) is 0.674. The Hall–Kier alpha value is -0.690. The minimum Gasteiger partial charge on any atom is -0.508 e. The lowest BCUT2D eigenvalue weighted by atomic mass is 9.97. The highest BCUT2D eigenvalue weighted by Crippen LogP contribution is 2.32. The number of aromatic hydroxyl groups is 1. The highest BCUT2D eigenvalue weighted by atomic mass is 35.5. The molecule has 0 heterocycles. The highest BCUT2D eigenvalue weighted by molar-refractivity contribution is 6.31. The molecule has 66 valence electrons. The largest absolute Gasteiger partial charge is 0.508 e. The smallest absolute Gasteiger partial charge is 0.118 e. The molecule has 0 aromatic heterocycles. The van der Waals surface area contributed by atoms with Gasteiger partial charge >= 0.3 is 0 Å². The summed E-state index contributed by atoms with van der Waals surface area (Å²) < 4.78 is 0. The quantitative estimate of drug-likeness (QED) is 0.709. The van der Waals surface area contributed by atoms with Crippen LogP contribution < -0.4 is 0 Å². The number of phenols is 1. The van der Waals surface area contributed by atoms with Crippen molar-refractivity contribution in [2.45, 2.75) is 26.7 Å². The van der Waals surface area contributed by atoms with Gasteiger partial charge in [0.25, 0.3) is 0 Å². The number of hydrogen-bond donors (Lipinski definition) is 1. The number of phenolic OH excluding ortho intramolecular Hbond substituents is 1. The standard InChI is InChI=1S/C10H13ClO/c1-6(2)10-7(3)9(12)5-4-8(10)11/h4-6,12H,1-3H3. The molecule has 1 nitrogen and oxygen atoms in total. The second-order valence-electron chi connectivity index (χ2n) is 3.26. The van der Waals surface area contributed by atoms with E-state index in [1.54, 1.807) is 12.1 Å². The number of rotatable bonds is 1. The van der Waals surface area contributed by atoms with Gasteiger partial charge in [-0.1, -0.05) is 25.4 Å². The third-order valence-corrected chi connectivity index (χ3v) is 2.34. The molecule has 0 unspecified atom stereocenters. The Morgan fingerprint density at radius 1 is 1.33 bits per heavy atom. The second kappa shape index (κ2) is 3.36. The van der Waals surface area contributed by atoms with Crippen LogP contribution in [0.25, 0.3) is 0 Å². The van der Waals surface area contributed by atoms with Crippen LogP contribution in [0.3, 0.4) is 0 Å². The Kier molecular flexibility index (Phi) is 2.63. The van der Waals surface area contributed by atoms with Gasteiger partial charge in [-0.05, 0) is 36.1 Å². The van der Waals surface area contributed by atoms with E-state index in [1.807, 2.05) is 6.92 Å². The van der Waals surface area contributed by atoms with E-state index >= 15 is 0 Å². The van der Waals surface area contributed by atoms with Crippen LogP contribution in [-0.4, -0.2) is 5.11 Å². The maximum Gasteiger partial charge on any atom is 0.118 e. The molecule has 0 saturated carbocycles. The lowest BCUT2D eigenvalue weighted by Crippen LogP contribution is -1.93. The topological polar surface area (TPSA) is 20.2 Å². The Balaban J connectivity index is 3.33. The van der Waals surface area contributed by atoms with Crippen LogP contribution in [0.4, 0.5) is 0 Å². The van der Waals surface area contributed by atoms with Crippen molar-refractivity contribution >= 4 is 11.6 Å². The SMILES string of the molecule is Cc1c(O)ccc(Cl)c1C(C)C. The van der Waals surface area contributed by atoms with E-state index < -0.39 is 0 Å². The van der Waals surface area contributed by atoms with Crippen molar-refractivity contribution in [3.8, 4) is 5.75 Å². The van der Waals surface area contributed by atoms with E-state index in [-0.39, 0.29) is 0 Å². The van der Waals surface area contributed by atoms with Crippen molar-refractivity contribution in [3.05, 3.63) is 28.3 Å². The van der Waals surface area contributed by atoms with Crippen molar-refractivity contribution in [1.29, 1.82) is 0 Å². The molecule has 0 aliphatic carbocycles. The van der Waals surface area contributed by atoms with Gasteiger partial charge in [0.05, 0.1) is 0 Å². The molecule has 0 radical (unpaired) electrons. The van der Waals surface area contributed by atoms with Gasteiger partial charge in [-0.25, -0.2) is 0 Å². The minimum atomic E-state index is 0.322. The normalized spacial score (nSPS) is 10.8. The van der Waals surface area contributed by atoms with Crippen LogP contribution >= 0.6 is 11.6 Å². The molecular formula is C10H13ClO. The monoisotopic (exact) mass is 184 g/mol. The molecule has 2 heteroatoms. The second-order valence-corrected chi connectivity index (χ2v) is 3.67. The van der Waals surface area contributed by atoms with Gasteiger partial charge in [-0.2, -0.15) is 0 Å². The molecule has 0 saturated heterocycles. The van der Waals surface area contributed by atoms with E-state index in [9.17, 15) is 5.11 Å². The fraction of sp³-hybridized carbons (Fsp3) is 0.400. The van der Waals surface area contributed by atoms with Crippen molar-refractivity contribution < 1.29 is 5.11 Å². The van der Waals surface area contributed by atoms with Crippen LogP contribution in [0.2, 0.25) is 5.02 Å². The third-order valence-electron chi connectivity index (χ3n) is 2.01. The summed E-state index contributed by atoms with van der Waals surface area (Å²) in [6.07, 6.45) is 0. The zero-order valence-electron chi connectivity index (χ0n) is 7.56. The van der Waals surface area contributed by atoms with Gasteiger partial charge in [0.1, 0.15) is 5.75 Å². The first kappa shape index (κ1) is 9.40. The highest BCUT2D eigenvalue weighted by Gasteiger charge is 2.10. The van der Waals surface area contributed by atoms with Gasteiger partial charge < -0.3 is 5.11 Å². The fourth-order valence-electron chi connectivity index (χ4n) is 1.39. The first-order chi connectivity index (χ1) is 5.54. The average molecular weight is 185 g/mol. The molecule has 12 heavy (non-hydrogen) atoms. The summed E-state index contributed by atoms with van der Waals surface area (Å²) >= 11 is 5.99. The molecule has 0 fully saturated rings. The number of hydrogen-bond acceptors (Lipinski definition) is 1. The van der Waals surface area contributed by atoms with E-state index in [1.165, 1.54) is 0 Å². The summed E-state index contributed by atoms with van der Waals surface area (Å²) in [6, 6.07) is 3.36. The molecule has 1 rings (SSSR count). The third kappa shape index (κ3) is 1.56. The van der Waals surface area contributed by atoms with E-state index in [4.69, 9.17) is 11.6 Å². The van der Waals surface area contributed by atoms with Gasteiger partial charge in [-0.3, -0.25) is 0 Å². The molecule has 1 aromatic rings. The molecule has 0 atom stereocenters. The van der Waals surface area contributed by atoms with Crippen molar-refractivity contribution in [3.63, 3.8) is 0 Å². The van der Waals surface area contributed by atoms with E-state index in [0.29, 0.717) is 11.7 Å². The lowest BCUT2D eigenvalue weighted by Gasteiger charge is -2.12. The molecule has 0 bridgehead atoms. The lowest BCUT2D eigenvalue weighted by molar-refractivity contribution is 0.469. The van der Waals surface area contributed by atoms with Crippen LogP contribution in [0.5, 0.6) is 5.75 Å². The zero-order valence-corrected chi connectivity index (χ0v) is 8.31. The van der Waals surface area contributed by atoms with Gasteiger partial charge in [0, 0.05) is 5.02 Å². The first-order valence-corrected chi connectivity index (χ1v) is 4.39. The maximum atomic E-state index is 9.41. The van der Waals surface area contributed by atoms with E-state index in [2.05, 4.69) is 13.8 Å². The predicted molar refractivity (Wildman–Crippen MR) is 51.9 cm³/mol. The summed E-state index contributed by atoms with van der Waals surface area (Å²) in [5.41, 5.74) is 1.93.